The first-order valence-electron chi connectivity index (χ1n) is 6.77. The minimum Gasteiger partial charge on any atom is -0.462 e. The van der Waals surface area contributed by atoms with Crippen molar-refractivity contribution in [2.75, 3.05) is 26.2 Å². The Morgan fingerprint density at radius 1 is 0.700 bits per heavy atom. The number of carbonyl (C=O) groups excluding carboxylic acids is 2. The number of ether oxygens (including phenoxy) is 2. The molecule has 6 nitrogen and oxygen atoms in total. The van der Waals surface area contributed by atoms with Gasteiger partial charge >= 0.3 is 0 Å². The molecule has 0 unspecified atom stereocenters. The van der Waals surface area contributed by atoms with E-state index in [1.165, 1.54) is 0 Å². The second kappa shape index (κ2) is 11.7. The Bertz CT molecular complexity index is 209. The molecule has 2 N–H and O–H groups in total. The summed E-state index contributed by atoms with van der Waals surface area (Å²) in [7, 11) is 0. The van der Waals surface area contributed by atoms with Crippen LogP contribution in [-0.2, 0) is 19.1 Å². The molecule has 1 aliphatic rings. The van der Waals surface area contributed by atoms with Gasteiger partial charge in [0.1, 0.15) is 11.2 Å². The summed E-state index contributed by atoms with van der Waals surface area (Å²) in [6, 6.07) is 0. The van der Waals surface area contributed by atoms with Gasteiger partial charge in [-0.05, 0) is 41.5 Å². The van der Waals surface area contributed by atoms with Crippen LogP contribution in [-0.4, -0.2) is 50.3 Å². The van der Waals surface area contributed by atoms with Crippen LogP contribution in [0.15, 0.2) is 0 Å². The Morgan fingerprint density at radius 3 is 1.00 bits per heavy atom. The van der Waals surface area contributed by atoms with Gasteiger partial charge in [-0.2, -0.15) is 0 Å². The first kappa shape index (κ1) is 21.2. The lowest BCUT2D eigenvalue weighted by Gasteiger charge is -2.14. The maximum atomic E-state index is 9.60. The number of nitrogens with one attached hydrogen (secondary N) is 2. The lowest BCUT2D eigenvalue weighted by Crippen LogP contribution is -2.39. The summed E-state index contributed by atoms with van der Waals surface area (Å²) in [6.45, 7) is 16.4. The summed E-state index contributed by atoms with van der Waals surface area (Å²) < 4.78 is 9.10. The van der Waals surface area contributed by atoms with Crippen LogP contribution in [0.5, 0.6) is 0 Å². The van der Waals surface area contributed by atoms with Gasteiger partial charge in [0.25, 0.3) is 12.9 Å². The van der Waals surface area contributed by atoms with Crippen molar-refractivity contribution in [1.82, 2.24) is 10.6 Å². The van der Waals surface area contributed by atoms with E-state index in [4.69, 9.17) is 0 Å². The average molecular weight is 290 g/mol. The molecule has 0 amide bonds. The van der Waals surface area contributed by atoms with Gasteiger partial charge in [-0.1, -0.05) is 0 Å². The zero-order valence-electron chi connectivity index (χ0n) is 13.6. The van der Waals surface area contributed by atoms with Crippen LogP contribution in [0.2, 0.25) is 0 Å². The van der Waals surface area contributed by atoms with Gasteiger partial charge in [-0.15, -0.1) is 0 Å². The fourth-order valence-electron chi connectivity index (χ4n) is 0.892. The van der Waals surface area contributed by atoms with Crippen LogP contribution in [0.25, 0.3) is 0 Å². The predicted molar refractivity (Wildman–Crippen MR) is 79.5 cm³/mol. The van der Waals surface area contributed by atoms with Crippen molar-refractivity contribution in [2.45, 2.75) is 52.7 Å². The highest BCUT2D eigenvalue weighted by molar-refractivity contribution is 5.38. The number of hydrogen-bond donors (Lipinski definition) is 2. The maximum absolute atomic E-state index is 9.60. The molecule has 6 heteroatoms. The molecule has 0 aromatic heterocycles. The van der Waals surface area contributed by atoms with Crippen molar-refractivity contribution < 1.29 is 19.1 Å². The molecule has 0 spiro atoms. The fourth-order valence-corrected chi connectivity index (χ4v) is 0.892. The Labute approximate surface area is 122 Å². The van der Waals surface area contributed by atoms with E-state index in [0.717, 1.165) is 26.2 Å². The number of carbonyl (C=O) groups is 2. The van der Waals surface area contributed by atoms with E-state index in [9.17, 15) is 9.59 Å². The molecular weight excluding hydrogens is 260 g/mol. The van der Waals surface area contributed by atoms with Crippen LogP contribution in [0.3, 0.4) is 0 Å². The normalized spacial score (nSPS) is 14.7. The standard InChI is InChI=1S/2C5H10O2.C4H10N2/c2*1-5(2,3)7-4-6;1-2-6-4-3-5-1/h2*4H,1-3H3;5-6H,1-4H2. The molecule has 0 aliphatic carbocycles. The molecule has 0 bridgehead atoms. The fraction of sp³-hybridized carbons (Fsp3) is 0.857. The van der Waals surface area contributed by atoms with Crippen LogP contribution >= 0.6 is 0 Å². The van der Waals surface area contributed by atoms with E-state index in [2.05, 4.69) is 20.1 Å². The largest absolute Gasteiger partial charge is 0.462 e. The SMILES string of the molecule is C1CNCCN1.CC(C)(C)OC=O.CC(C)(C)OC=O. The second-order valence-corrected chi connectivity index (χ2v) is 6.15. The molecular formula is C14H30N2O4. The molecule has 0 saturated carbocycles. The Balaban J connectivity index is 0. The predicted octanol–water partition coefficient (Wildman–Crippen LogP) is 1.09. The summed E-state index contributed by atoms with van der Waals surface area (Å²) in [5.41, 5.74) is -0.635. The van der Waals surface area contributed by atoms with E-state index in [-0.39, 0.29) is 11.2 Å². The van der Waals surface area contributed by atoms with Gasteiger partial charge in [-0.25, -0.2) is 0 Å². The minimum atomic E-state index is -0.318. The smallest absolute Gasteiger partial charge is 0.293 e. The average Bonchev–Trinajstić information content (AvgIpc) is 2.29. The van der Waals surface area contributed by atoms with Crippen molar-refractivity contribution in [2.24, 2.45) is 0 Å². The Hall–Kier alpha value is -1.14. The van der Waals surface area contributed by atoms with Crippen LogP contribution < -0.4 is 10.6 Å². The highest BCUT2D eigenvalue weighted by Crippen LogP contribution is 2.03. The first-order valence-corrected chi connectivity index (χ1v) is 6.77. The monoisotopic (exact) mass is 290 g/mol. The van der Waals surface area contributed by atoms with Gasteiger partial charge < -0.3 is 20.1 Å². The molecule has 0 atom stereocenters. The van der Waals surface area contributed by atoms with Crippen molar-refractivity contribution in [1.29, 1.82) is 0 Å². The lowest BCUT2D eigenvalue weighted by molar-refractivity contribution is -0.139. The topological polar surface area (TPSA) is 76.7 Å². The molecule has 120 valence electrons. The summed E-state index contributed by atoms with van der Waals surface area (Å²) in [6.07, 6.45) is 0. The number of rotatable bonds is 2. The second-order valence-electron chi connectivity index (χ2n) is 6.15. The zero-order valence-corrected chi connectivity index (χ0v) is 13.6. The van der Waals surface area contributed by atoms with Crippen molar-refractivity contribution >= 4 is 12.9 Å². The third-order valence-electron chi connectivity index (χ3n) is 1.76. The zero-order chi connectivity index (χ0) is 16.1. The van der Waals surface area contributed by atoms with Gasteiger partial charge in [-0.3, -0.25) is 9.59 Å². The van der Waals surface area contributed by atoms with Crippen molar-refractivity contribution in [3.63, 3.8) is 0 Å². The quantitative estimate of drug-likeness (QED) is 0.742. The summed E-state index contributed by atoms with van der Waals surface area (Å²) in [4.78, 5) is 19.2. The van der Waals surface area contributed by atoms with E-state index in [1.807, 2.05) is 41.5 Å². The highest BCUT2D eigenvalue weighted by Gasteiger charge is 2.08. The molecule has 0 radical (unpaired) electrons. The van der Waals surface area contributed by atoms with E-state index >= 15 is 0 Å². The first-order chi connectivity index (χ1) is 9.12. The summed E-state index contributed by atoms with van der Waals surface area (Å²) in [5, 5.41) is 6.44. The number of hydrogen-bond acceptors (Lipinski definition) is 6. The Morgan fingerprint density at radius 2 is 0.950 bits per heavy atom. The maximum Gasteiger partial charge on any atom is 0.293 e. The van der Waals surface area contributed by atoms with Gasteiger partial charge in [0.05, 0.1) is 0 Å². The third-order valence-corrected chi connectivity index (χ3v) is 1.76. The lowest BCUT2D eigenvalue weighted by atomic mass is 10.2. The van der Waals surface area contributed by atoms with E-state index < -0.39 is 0 Å². The van der Waals surface area contributed by atoms with Crippen LogP contribution in [0, 0.1) is 0 Å². The molecule has 1 rings (SSSR count). The Kier molecular flexibility index (Phi) is 12.3. The minimum absolute atomic E-state index is 0.318. The molecule has 1 heterocycles. The highest BCUT2D eigenvalue weighted by atomic mass is 16.5. The van der Waals surface area contributed by atoms with Crippen molar-refractivity contribution in [3.05, 3.63) is 0 Å². The number of piperazine rings is 1. The van der Waals surface area contributed by atoms with Crippen molar-refractivity contribution in [3.8, 4) is 0 Å². The summed E-state index contributed by atoms with van der Waals surface area (Å²) in [5.74, 6) is 0. The third kappa shape index (κ3) is 25.6. The van der Waals surface area contributed by atoms with Gasteiger partial charge in [0.2, 0.25) is 0 Å². The molecule has 20 heavy (non-hydrogen) atoms. The van der Waals surface area contributed by atoms with E-state index in [1.54, 1.807) is 0 Å². The summed E-state index contributed by atoms with van der Waals surface area (Å²) >= 11 is 0. The molecule has 1 aliphatic heterocycles. The molecule has 1 saturated heterocycles. The van der Waals surface area contributed by atoms with E-state index in [0.29, 0.717) is 12.9 Å². The molecule has 1 fully saturated rings. The molecule has 0 aromatic rings. The van der Waals surface area contributed by atoms with Crippen LogP contribution in [0.1, 0.15) is 41.5 Å². The van der Waals surface area contributed by atoms with Gasteiger partial charge in [0.15, 0.2) is 0 Å². The van der Waals surface area contributed by atoms with Crippen LogP contribution in [0.4, 0.5) is 0 Å². The molecule has 0 aromatic carbocycles. The van der Waals surface area contributed by atoms with Gasteiger partial charge in [0, 0.05) is 26.2 Å².